The highest BCUT2D eigenvalue weighted by Crippen LogP contribution is 2.38. The molecule has 0 spiro atoms. The number of hydrogen-bond acceptors (Lipinski definition) is 8. The largest absolute Gasteiger partial charge is 0.493 e. The lowest BCUT2D eigenvalue weighted by molar-refractivity contribution is -0.385. The zero-order chi connectivity index (χ0) is 26.0. The molecule has 0 saturated carbocycles. The maximum atomic E-state index is 12.6. The highest BCUT2D eigenvalue weighted by molar-refractivity contribution is 6.34. The molecular formula is C25H16Cl2N2O7. The average molecular weight is 527 g/mol. The van der Waals surface area contributed by atoms with E-state index in [9.17, 15) is 19.7 Å². The van der Waals surface area contributed by atoms with Gasteiger partial charge in [-0.25, -0.2) is 14.6 Å². The molecule has 0 radical (unpaired) electrons. The summed E-state index contributed by atoms with van der Waals surface area (Å²) in [5, 5.41) is 11.5. The van der Waals surface area contributed by atoms with E-state index < -0.39 is 16.9 Å². The number of carbonyl (C=O) groups excluding carboxylic acids is 2. The van der Waals surface area contributed by atoms with Crippen LogP contribution in [0.1, 0.15) is 27.0 Å². The van der Waals surface area contributed by atoms with Gasteiger partial charge in [0.15, 0.2) is 17.2 Å². The van der Waals surface area contributed by atoms with E-state index in [-0.39, 0.29) is 50.0 Å². The van der Waals surface area contributed by atoms with Gasteiger partial charge in [0.2, 0.25) is 5.90 Å². The van der Waals surface area contributed by atoms with Gasteiger partial charge < -0.3 is 14.2 Å². The number of cyclic esters (lactones) is 1. The maximum absolute atomic E-state index is 12.6. The first-order valence-electron chi connectivity index (χ1n) is 10.3. The van der Waals surface area contributed by atoms with Gasteiger partial charge in [-0.2, -0.15) is 0 Å². The quantitative estimate of drug-likeness (QED) is 0.131. The van der Waals surface area contributed by atoms with Crippen molar-refractivity contribution in [1.29, 1.82) is 0 Å². The lowest BCUT2D eigenvalue weighted by Gasteiger charge is -2.12. The Morgan fingerprint density at radius 3 is 2.56 bits per heavy atom. The van der Waals surface area contributed by atoms with Gasteiger partial charge >= 0.3 is 11.9 Å². The molecule has 36 heavy (non-hydrogen) atoms. The van der Waals surface area contributed by atoms with Crippen LogP contribution >= 0.6 is 23.2 Å². The van der Waals surface area contributed by atoms with E-state index in [0.717, 1.165) is 0 Å². The van der Waals surface area contributed by atoms with Gasteiger partial charge in [0.25, 0.3) is 5.69 Å². The van der Waals surface area contributed by atoms with Crippen molar-refractivity contribution in [3.8, 4) is 11.5 Å². The van der Waals surface area contributed by atoms with Crippen molar-refractivity contribution >= 4 is 52.8 Å². The van der Waals surface area contributed by atoms with Crippen LogP contribution < -0.4 is 9.47 Å². The standard InChI is InChI=1S/C25H16Cl2N2O7/c1-13-7-8-15(12-20(13)29(32)33)23-28-19(25(31)36-23)10-14-9-18(27)22(21(11-14)34-2)35-24(30)16-5-3-4-6-17(16)26/h3-12H,1-2H3/b19-10-. The van der Waals surface area contributed by atoms with Gasteiger partial charge in [0.05, 0.1) is 27.6 Å². The van der Waals surface area contributed by atoms with Crippen LogP contribution in [0.2, 0.25) is 10.0 Å². The van der Waals surface area contributed by atoms with Crippen LogP contribution in [0.25, 0.3) is 6.08 Å². The van der Waals surface area contributed by atoms with Crippen molar-refractivity contribution in [3.05, 3.63) is 103 Å². The van der Waals surface area contributed by atoms with E-state index >= 15 is 0 Å². The van der Waals surface area contributed by atoms with Crippen LogP contribution in [0.4, 0.5) is 5.69 Å². The molecule has 1 heterocycles. The summed E-state index contributed by atoms with van der Waals surface area (Å²) >= 11 is 12.4. The fourth-order valence-electron chi connectivity index (χ4n) is 3.33. The summed E-state index contributed by atoms with van der Waals surface area (Å²) in [6.07, 6.45) is 1.39. The third-order valence-corrected chi connectivity index (χ3v) is 5.73. The summed E-state index contributed by atoms with van der Waals surface area (Å²) in [7, 11) is 1.36. The Morgan fingerprint density at radius 1 is 1.11 bits per heavy atom. The zero-order valence-corrected chi connectivity index (χ0v) is 20.3. The fourth-order valence-corrected chi connectivity index (χ4v) is 3.80. The number of rotatable bonds is 6. The summed E-state index contributed by atoms with van der Waals surface area (Å²) in [5.74, 6) is -1.46. The fraction of sp³-hybridized carbons (Fsp3) is 0.0800. The minimum atomic E-state index is -0.752. The number of nitrogens with zero attached hydrogens (tertiary/aromatic N) is 2. The number of carbonyl (C=O) groups is 2. The number of esters is 2. The third kappa shape index (κ3) is 5.07. The number of halogens is 2. The first kappa shape index (κ1) is 24.9. The predicted molar refractivity (Wildman–Crippen MR) is 133 cm³/mol. The molecule has 11 heteroatoms. The Morgan fingerprint density at radius 2 is 1.86 bits per heavy atom. The van der Waals surface area contributed by atoms with Gasteiger partial charge in [-0.05, 0) is 48.9 Å². The summed E-state index contributed by atoms with van der Waals surface area (Å²) in [5.41, 5.74) is 1.11. The Bertz CT molecular complexity index is 1480. The molecule has 3 aromatic rings. The number of nitro benzene ring substituents is 1. The number of aliphatic imine (C=N–C) groups is 1. The molecule has 1 aliphatic rings. The van der Waals surface area contributed by atoms with Crippen LogP contribution in [0.3, 0.4) is 0 Å². The smallest absolute Gasteiger partial charge is 0.363 e. The molecule has 0 aliphatic carbocycles. The molecule has 0 unspecified atom stereocenters. The maximum Gasteiger partial charge on any atom is 0.363 e. The SMILES string of the molecule is COc1cc(/C=C2\N=C(c3ccc(C)c([N+](=O)[O-])c3)OC2=O)cc(Cl)c1OC(=O)c1ccccc1Cl. The molecule has 3 aromatic carbocycles. The summed E-state index contributed by atoms with van der Waals surface area (Å²) in [6.45, 7) is 1.60. The molecule has 1 aliphatic heterocycles. The van der Waals surface area contributed by atoms with E-state index in [1.165, 1.54) is 37.5 Å². The minimum Gasteiger partial charge on any atom is -0.493 e. The van der Waals surface area contributed by atoms with Gasteiger partial charge in [-0.1, -0.05) is 41.4 Å². The first-order chi connectivity index (χ1) is 17.2. The van der Waals surface area contributed by atoms with Crippen molar-refractivity contribution in [1.82, 2.24) is 0 Å². The number of aryl methyl sites for hydroxylation is 1. The van der Waals surface area contributed by atoms with Crippen molar-refractivity contribution in [2.75, 3.05) is 7.11 Å². The predicted octanol–water partition coefficient (Wildman–Crippen LogP) is 5.78. The number of ether oxygens (including phenoxy) is 3. The Labute approximate surface area is 214 Å². The normalized spacial score (nSPS) is 13.8. The molecule has 0 N–H and O–H groups in total. The van der Waals surface area contributed by atoms with Crippen LogP contribution in [0.5, 0.6) is 11.5 Å². The highest BCUT2D eigenvalue weighted by atomic mass is 35.5. The minimum absolute atomic E-state index is 0.0311. The van der Waals surface area contributed by atoms with Crippen molar-refractivity contribution in [3.63, 3.8) is 0 Å². The van der Waals surface area contributed by atoms with E-state index in [4.69, 9.17) is 37.4 Å². The van der Waals surface area contributed by atoms with Gasteiger partial charge in [0, 0.05) is 17.2 Å². The third-order valence-electron chi connectivity index (χ3n) is 5.12. The number of benzene rings is 3. The number of nitro groups is 1. The van der Waals surface area contributed by atoms with Crippen molar-refractivity contribution in [2.45, 2.75) is 6.92 Å². The molecule has 0 amide bonds. The Hall–Kier alpha value is -4.21. The lowest BCUT2D eigenvalue weighted by atomic mass is 10.1. The highest BCUT2D eigenvalue weighted by Gasteiger charge is 2.26. The Kier molecular flexibility index (Phi) is 7.05. The van der Waals surface area contributed by atoms with E-state index in [1.54, 1.807) is 37.3 Å². The molecule has 0 saturated heterocycles. The summed E-state index contributed by atoms with van der Waals surface area (Å²) in [4.78, 5) is 39.8. The first-order valence-corrected chi connectivity index (χ1v) is 11.1. The monoisotopic (exact) mass is 526 g/mol. The van der Waals surface area contributed by atoms with Gasteiger partial charge in [-0.15, -0.1) is 0 Å². The lowest BCUT2D eigenvalue weighted by Crippen LogP contribution is -2.10. The number of hydrogen-bond donors (Lipinski definition) is 0. The Balaban J connectivity index is 1.65. The van der Waals surface area contributed by atoms with E-state index in [2.05, 4.69) is 4.99 Å². The molecule has 182 valence electrons. The van der Waals surface area contributed by atoms with Gasteiger partial charge in [0.1, 0.15) is 0 Å². The molecule has 0 fully saturated rings. The van der Waals surface area contributed by atoms with E-state index in [1.807, 2.05) is 0 Å². The molecular weight excluding hydrogens is 511 g/mol. The van der Waals surface area contributed by atoms with Crippen molar-refractivity contribution < 1.29 is 28.7 Å². The summed E-state index contributed by atoms with van der Waals surface area (Å²) in [6, 6.07) is 13.7. The second-order valence-electron chi connectivity index (χ2n) is 7.50. The topological polar surface area (TPSA) is 117 Å². The van der Waals surface area contributed by atoms with Gasteiger partial charge in [-0.3, -0.25) is 10.1 Å². The van der Waals surface area contributed by atoms with E-state index in [0.29, 0.717) is 11.1 Å². The molecule has 4 rings (SSSR count). The van der Waals surface area contributed by atoms with Crippen LogP contribution in [-0.2, 0) is 9.53 Å². The molecule has 0 bridgehead atoms. The van der Waals surface area contributed by atoms with Crippen LogP contribution in [0, 0.1) is 17.0 Å². The zero-order valence-electron chi connectivity index (χ0n) is 18.8. The second-order valence-corrected chi connectivity index (χ2v) is 8.31. The van der Waals surface area contributed by atoms with Crippen LogP contribution in [0.15, 0.2) is 65.3 Å². The number of methoxy groups -OCH3 is 1. The molecule has 9 nitrogen and oxygen atoms in total. The molecule has 0 aromatic heterocycles. The summed E-state index contributed by atoms with van der Waals surface area (Å²) < 4.78 is 15.9. The second kappa shape index (κ2) is 10.2. The average Bonchev–Trinajstić information content (AvgIpc) is 3.20. The van der Waals surface area contributed by atoms with Crippen LogP contribution in [-0.4, -0.2) is 29.9 Å². The van der Waals surface area contributed by atoms with Crippen molar-refractivity contribution in [2.24, 2.45) is 4.99 Å². The molecule has 0 atom stereocenters.